The number of hydrogen-bond acceptors (Lipinski definition) is 4. The van der Waals surface area contributed by atoms with Crippen molar-refractivity contribution in [1.29, 1.82) is 0 Å². The molecule has 0 radical (unpaired) electrons. The minimum absolute atomic E-state index is 0.116. The average molecular weight is 310 g/mol. The zero-order chi connectivity index (χ0) is 15.7. The van der Waals surface area contributed by atoms with Crippen LogP contribution in [0.1, 0.15) is 17.0 Å². The average Bonchev–Trinajstić information content (AvgIpc) is 2.46. The molecule has 0 bridgehead atoms. The summed E-state index contributed by atoms with van der Waals surface area (Å²) in [5, 5.41) is 3.56. The molecular formula is C17H14N2O2S. The number of pyridine rings is 1. The van der Waals surface area contributed by atoms with Crippen molar-refractivity contribution in [3.05, 3.63) is 69.7 Å². The van der Waals surface area contributed by atoms with Crippen LogP contribution >= 0.6 is 12.2 Å². The number of hydrogen-bond donors (Lipinski definition) is 1. The number of para-hydroxylation sites is 1. The van der Waals surface area contributed by atoms with Gasteiger partial charge in [-0.15, -0.1) is 0 Å². The second-order valence-electron chi connectivity index (χ2n) is 5.10. The molecule has 110 valence electrons. The van der Waals surface area contributed by atoms with Gasteiger partial charge in [-0.3, -0.25) is 4.79 Å². The highest BCUT2D eigenvalue weighted by Gasteiger charge is 2.10. The van der Waals surface area contributed by atoms with Gasteiger partial charge in [0.05, 0.1) is 5.39 Å². The Morgan fingerprint density at radius 3 is 2.73 bits per heavy atom. The first-order valence-corrected chi connectivity index (χ1v) is 7.23. The van der Waals surface area contributed by atoms with Crippen LogP contribution in [0.4, 0.5) is 5.82 Å². The number of anilines is 1. The van der Waals surface area contributed by atoms with Gasteiger partial charge >= 0.3 is 0 Å². The zero-order valence-electron chi connectivity index (χ0n) is 12.2. The number of rotatable bonds is 2. The Bertz CT molecular complexity index is 911. The lowest BCUT2D eigenvalue weighted by Gasteiger charge is -2.08. The Morgan fingerprint density at radius 2 is 1.95 bits per heavy atom. The van der Waals surface area contributed by atoms with Crippen LogP contribution in [-0.2, 0) is 0 Å². The zero-order valence-corrected chi connectivity index (χ0v) is 13.0. The number of aromatic nitrogens is 1. The lowest BCUT2D eigenvalue weighted by atomic mass is 10.2. The van der Waals surface area contributed by atoms with E-state index in [0.29, 0.717) is 27.5 Å². The van der Waals surface area contributed by atoms with E-state index < -0.39 is 0 Å². The van der Waals surface area contributed by atoms with Gasteiger partial charge in [0.15, 0.2) is 11.2 Å². The molecule has 0 spiro atoms. The fourth-order valence-corrected chi connectivity index (χ4v) is 2.50. The maximum absolute atomic E-state index is 12.1. The number of benzene rings is 1. The second kappa shape index (κ2) is 5.69. The lowest BCUT2D eigenvalue weighted by Crippen LogP contribution is -2.15. The van der Waals surface area contributed by atoms with Gasteiger partial charge in [-0.1, -0.05) is 24.4 Å². The van der Waals surface area contributed by atoms with Crippen LogP contribution in [-0.4, -0.2) is 9.97 Å². The topological polar surface area (TPSA) is 55.1 Å². The monoisotopic (exact) mass is 310 g/mol. The normalized spacial score (nSPS) is 10.6. The summed E-state index contributed by atoms with van der Waals surface area (Å²) in [4.78, 5) is 16.8. The Hall–Kier alpha value is -2.53. The fraction of sp³-hybridized carbons (Fsp3) is 0.118. The first kappa shape index (κ1) is 14.4. The molecule has 0 aliphatic carbocycles. The molecule has 2 heterocycles. The quantitative estimate of drug-likeness (QED) is 0.733. The van der Waals surface area contributed by atoms with Crippen molar-refractivity contribution in [2.45, 2.75) is 13.8 Å². The van der Waals surface area contributed by atoms with E-state index in [1.54, 1.807) is 18.2 Å². The van der Waals surface area contributed by atoms with Gasteiger partial charge in [-0.25, -0.2) is 4.98 Å². The van der Waals surface area contributed by atoms with E-state index in [9.17, 15) is 4.79 Å². The third-order valence-corrected chi connectivity index (χ3v) is 3.50. The smallest absolute Gasteiger partial charge is 0.193 e. The summed E-state index contributed by atoms with van der Waals surface area (Å²) in [6.07, 6.45) is 0. The number of aryl methyl sites for hydroxylation is 2. The molecule has 3 rings (SSSR count). The van der Waals surface area contributed by atoms with Crippen LogP contribution < -0.4 is 10.7 Å². The van der Waals surface area contributed by atoms with E-state index in [1.165, 1.54) is 6.07 Å². The van der Waals surface area contributed by atoms with Gasteiger partial charge < -0.3 is 9.73 Å². The van der Waals surface area contributed by atoms with Crippen molar-refractivity contribution in [2.75, 3.05) is 5.32 Å². The van der Waals surface area contributed by atoms with Gasteiger partial charge in [0, 0.05) is 11.8 Å². The van der Waals surface area contributed by atoms with E-state index >= 15 is 0 Å². The summed E-state index contributed by atoms with van der Waals surface area (Å²) >= 11 is 5.33. The van der Waals surface area contributed by atoms with Crippen molar-refractivity contribution >= 4 is 34.0 Å². The summed E-state index contributed by atoms with van der Waals surface area (Å²) in [5.41, 5.74) is 2.37. The van der Waals surface area contributed by atoms with Crippen LogP contribution in [0.5, 0.6) is 0 Å². The van der Waals surface area contributed by atoms with Gasteiger partial charge in [0.25, 0.3) is 0 Å². The van der Waals surface area contributed by atoms with Crippen molar-refractivity contribution in [3.8, 4) is 0 Å². The van der Waals surface area contributed by atoms with E-state index in [4.69, 9.17) is 16.6 Å². The molecule has 0 amide bonds. The van der Waals surface area contributed by atoms with E-state index in [-0.39, 0.29) is 5.43 Å². The SMILES string of the molecule is Cc1cc(C)nc(NC(=S)c2cc(=O)c3ccccc3o2)c1. The molecule has 4 nitrogen and oxygen atoms in total. The first-order valence-electron chi connectivity index (χ1n) is 6.82. The van der Waals surface area contributed by atoms with Crippen LogP contribution in [0.25, 0.3) is 11.0 Å². The molecule has 5 heteroatoms. The molecule has 1 N–H and O–H groups in total. The molecule has 0 unspecified atom stereocenters. The number of nitrogens with zero attached hydrogens (tertiary/aromatic N) is 1. The van der Waals surface area contributed by atoms with Gasteiger partial charge in [0.2, 0.25) is 0 Å². The molecule has 0 aliphatic rings. The molecule has 0 saturated carbocycles. The van der Waals surface area contributed by atoms with Crippen molar-refractivity contribution < 1.29 is 4.42 Å². The van der Waals surface area contributed by atoms with Crippen LogP contribution in [0.3, 0.4) is 0 Å². The molecule has 0 aliphatic heterocycles. The standard InChI is InChI=1S/C17H14N2O2S/c1-10-7-11(2)18-16(8-10)19-17(22)15-9-13(20)12-5-3-4-6-14(12)21-15/h3-9H,1-2H3,(H,18,19,22). The Morgan fingerprint density at radius 1 is 1.18 bits per heavy atom. The fourth-order valence-electron chi connectivity index (χ4n) is 2.30. The van der Waals surface area contributed by atoms with Crippen LogP contribution in [0.15, 0.2) is 51.7 Å². The number of fused-ring (bicyclic) bond motifs is 1. The third kappa shape index (κ3) is 2.89. The van der Waals surface area contributed by atoms with E-state index in [2.05, 4.69) is 10.3 Å². The maximum Gasteiger partial charge on any atom is 0.193 e. The van der Waals surface area contributed by atoms with Gasteiger partial charge in [-0.2, -0.15) is 0 Å². The lowest BCUT2D eigenvalue weighted by molar-refractivity contribution is 0.593. The van der Waals surface area contributed by atoms with Crippen molar-refractivity contribution in [1.82, 2.24) is 4.98 Å². The minimum atomic E-state index is -0.116. The highest BCUT2D eigenvalue weighted by molar-refractivity contribution is 7.81. The van der Waals surface area contributed by atoms with Gasteiger partial charge in [0.1, 0.15) is 16.4 Å². The molecule has 1 aromatic carbocycles. The number of nitrogens with one attached hydrogen (secondary N) is 1. The summed E-state index contributed by atoms with van der Waals surface area (Å²) in [6.45, 7) is 3.90. The highest BCUT2D eigenvalue weighted by Crippen LogP contribution is 2.15. The van der Waals surface area contributed by atoms with Crippen LogP contribution in [0.2, 0.25) is 0 Å². The van der Waals surface area contributed by atoms with Crippen LogP contribution in [0, 0.1) is 13.8 Å². The van der Waals surface area contributed by atoms with Crippen molar-refractivity contribution in [3.63, 3.8) is 0 Å². The minimum Gasteiger partial charge on any atom is -0.453 e. The molecule has 22 heavy (non-hydrogen) atoms. The van der Waals surface area contributed by atoms with E-state index in [1.807, 2.05) is 32.0 Å². The third-order valence-electron chi connectivity index (χ3n) is 3.20. The molecule has 3 aromatic rings. The van der Waals surface area contributed by atoms with Gasteiger partial charge in [-0.05, 0) is 43.7 Å². The molecule has 2 aromatic heterocycles. The largest absolute Gasteiger partial charge is 0.453 e. The summed E-state index contributed by atoms with van der Waals surface area (Å²) in [7, 11) is 0. The second-order valence-corrected chi connectivity index (χ2v) is 5.50. The predicted octanol–water partition coefficient (Wildman–Crippen LogP) is 3.59. The first-order chi connectivity index (χ1) is 10.5. The Labute approximate surface area is 132 Å². The predicted molar refractivity (Wildman–Crippen MR) is 91.5 cm³/mol. The van der Waals surface area contributed by atoms with E-state index in [0.717, 1.165) is 11.3 Å². The summed E-state index contributed by atoms with van der Waals surface area (Å²) < 4.78 is 5.71. The maximum atomic E-state index is 12.1. The molecular weight excluding hydrogens is 296 g/mol. The Kier molecular flexibility index (Phi) is 3.73. The molecule has 0 fully saturated rings. The molecule has 0 atom stereocenters. The highest BCUT2D eigenvalue weighted by atomic mass is 32.1. The Balaban J connectivity index is 1.97. The summed E-state index contributed by atoms with van der Waals surface area (Å²) in [5.74, 6) is 0.970. The number of thiocarbonyl (C=S) groups is 1. The van der Waals surface area contributed by atoms with Crippen molar-refractivity contribution in [2.24, 2.45) is 0 Å². The summed E-state index contributed by atoms with van der Waals surface area (Å²) in [6, 6.07) is 12.4. The molecule has 0 saturated heterocycles.